The molecule has 2 atom stereocenters. The maximum Gasteiger partial charge on any atom is 0.133 e. The first-order valence-corrected chi connectivity index (χ1v) is 8.36. The lowest BCUT2D eigenvalue weighted by atomic mass is 10.1. The van der Waals surface area contributed by atoms with Crippen LogP contribution >= 0.6 is 23.4 Å². The topological polar surface area (TPSA) is 39.1 Å². The van der Waals surface area contributed by atoms with Gasteiger partial charge in [0.1, 0.15) is 11.9 Å². The number of hydrogen-bond donors (Lipinski definition) is 1. The van der Waals surface area contributed by atoms with Gasteiger partial charge >= 0.3 is 0 Å². The highest BCUT2D eigenvalue weighted by atomic mass is 35.5. The molecule has 0 aliphatic carbocycles. The molecule has 6 heteroatoms. The lowest BCUT2D eigenvalue weighted by Gasteiger charge is -2.32. The number of fused-ring (bicyclic) bond motifs is 1. The molecule has 1 aliphatic rings. The number of nitrogens with zero attached hydrogens (tertiary/aromatic N) is 2. The van der Waals surface area contributed by atoms with Gasteiger partial charge in [0.25, 0.3) is 0 Å². The normalized spacial score (nSPS) is 18.9. The average Bonchev–Trinajstić information content (AvgIpc) is 2.84. The van der Waals surface area contributed by atoms with E-state index < -0.39 is 0 Å². The summed E-state index contributed by atoms with van der Waals surface area (Å²) in [7, 11) is 1.91. The summed E-state index contributed by atoms with van der Waals surface area (Å²) in [6.45, 7) is 2.93. The summed E-state index contributed by atoms with van der Waals surface area (Å²) in [5, 5.41) is 8.40. The molecule has 2 heterocycles. The quantitative estimate of drug-likeness (QED) is 0.937. The van der Waals surface area contributed by atoms with Crippen molar-refractivity contribution in [3.05, 3.63) is 41.2 Å². The number of likely N-dealkylation sites (N-methyl/N-ethyl adjacent to an activating group) is 1. The minimum atomic E-state index is 0.0239. The van der Waals surface area contributed by atoms with Crippen LogP contribution in [-0.4, -0.2) is 28.2 Å². The van der Waals surface area contributed by atoms with E-state index in [1.54, 1.807) is 6.20 Å². The minimum absolute atomic E-state index is 0.0239. The van der Waals surface area contributed by atoms with Crippen molar-refractivity contribution in [1.29, 1.82) is 0 Å². The van der Waals surface area contributed by atoms with Crippen molar-refractivity contribution in [3.63, 3.8) is 0 Å². The predicted octanol–water partition coefficient (Wildman–Crippen LogP) is 3.28. The van der Waals surface area contributed by atoms with Gasteiger partial charge < -0.3 is 10.1 Å². The Balaban J connectivity index is 1.89. The lowest BCUT2D eigenvalue weighted by Crippen LogP contribution is -2.40. The van der Waals surface area contributed by atoms with Crippen molar-refractivity contribution in [2.45, 2.75) is 24.0 Å². The summed E-state index contributed by atoms with van der Waals surface area (Å²) in [5.41, 5.74) is 0.975. The van der Waals surface area contributed by atoms with Crippen LogP contribution in [0, 0.1) is 0 Å². The van der Waals surface area contributed by atoms with Crippen LogP contribution in [0.4, 0.5) is 0 Å². The molecule has 4 nitrogen and oxygen atoms in total. The van der Waals surface area contributed by atoms with E-state index in [2.05, 4.69) is 23.4 Å². The first-order valence-electron chi connectivity index (χ1n) is 7.00. The third-order valence-corrected chi connectivity index (χ3v) is 4.99. The molecule has 0 fully saturated rings. The molecule has 0 saturated carbocycles. The molecular formula is C15H18ClN3OS. The Morgan fingerprint density at radius 1 is 1.52 bits per heavy atom. The summed E-state index contributed by atoms with van der Waals surface area (Å²) in [4.78, 5) is 1.19. The van der Waals surface area contributed by atoms with Gasteiger partial charge in [-0.1, -0.05) is 30.7 Å². The van der Waals surface area contributed by atoms with Gasteiger partial charge in [-0.3, -0.25) is 4.68 Å². The zero-order valence-corrected chi connectivity index (χ0v) is 13.6. The second-order valence-electron chi connectivity index (χ2n) is 4.95. The Morgan fingerprint density at radius 2 is 2.33 bits per heavy atom. The smallest absolute Gasteiger partial charge is 0.133 e. The molecule has 1 aliphatic heterocycles. The van der Waals surface area contributed by atoms with Gasteiger partial charge in [-0.15, -0.1) is 11.8 Å². The number of nitrogens with one attached hydrogen (secondary N) is 1. The standard InChI is InChI=1S/C15H18ClN3OS/c1-3-17-14(15-10(16)8-18-19(15)2)12-9-21-13-7-5-4-6-11(13)20-12/h4-8,12,14,17H,3,9H2,1-2H3. The molecule has 2 aromatic rings. The molecule has 2 unspecified atom stereocenters. The SMILES string of the molecule is CCNC(c1c(Cl)cnn1C)C1CSc2ccccc2O1. The fourth-order valence-electron chi connectivity index (χ4n) is 2.59. The van der Waals surface area contributed by atoms with Crippen LogP contribution in [0.2, 0.25) is 5.02 Å². The number of thioether (sulfide) groups is 1. The van der Waals surface area contributed by atoms with Crippen LogP contribution in [0.3, 0.4) is 0 Å². The van der Waals surface area contributed by atoms with Crippen LogP contribution in [0.1, 0.15) is 18.7 Å². The summed E-state index contributed by atoms with van der Waals surface area (Å²) in [5.74, 6) is 1.83. The highest BCUT2D eigenvalue weighted by Crippen LogP contribution is 2.39. The first kappa shape index (κ1) is 14.8. The van der Waals surface area contributed by atoms with Crippen LogP contribution in [0.5, 0.6) is 5.75 Å². The van der Waals surface area contributed by atoms with Crippen molar-refractivity contribution < 1.29 is 4.74 Å². The van der Waals surface area contributed by atoms with E-state index in [1.807, 2.05) is 41.7 Å². The highest BCUT2D eigenvalue weighted by molar-refractivity contribution is 7.99. The summed E-state index contributed by atoms with van der Waals surface area (Å²) < 4.78 is 8.02. The van der Waals surface area contributed by atoms with Gasteiger partial charge in [0.2, 0.25) is 0 Å². The Labute approximate surface area is 133 Å². The zero-order chi connectivity index (χ0) is 14.8. The van der Waals surface area contributed by atoms with E-state index in [0.717, 1.165) is 23.7 Å². The van der Waals surface area contributed by atoms with Crippen molar-refractivity contribution in [3.8, 4) is 5.75 Å². The number of rotatable bonds is 4. The number of aromatic nitrogens is 2. The van der Waals surface area contributed by atoms with Crippen molar-refractivity contribution in [2.75, 3.05) is 12.3 Å². The molecule has 0 saturated heterocycles. The van der Waals surface area contributed by atoms with Crippen molar-refractivity contribution >= 4 is 23.4 Å². The van der Waals surface area contributed by atoms with Gasteiger partial charge in [-0.2, -0.15) is 5.10 Å². The van der Waals surface area contributed by atoms with E-state index >= 15 is 0 Å². The van der Waals surface area contributed by atoms with Crippen LogP contribution in [-0.2, 0) is 7.05 Å². The number of para-hydroxylation sites is 1. The maximum absolute atomic E-state index is 6.31. The van der Waals surface area contributed by atoms with Crippen molar-refractivity contribution in [2.24, 2.45) is 7.05 Å². The molecule has 112 valence electrons. The summed E-state index contributed by atoms with van der Waals surface area (Å²) >= 11 is 8.13. The number of halogens is 1. The Morgan fingerprint density at radius 3 is 3.05 bits per heavy atom. The molecule has 1 aromatic carbocycles. The van der Waals surface area contributed by atoms with E-state index in [9.17, 15) is 0 Å². The van der Waals surface area contributed by atoms with Crippen LogP contribution in [0.25, 0.3) is 0 Å². The molecule has 0 amide bonds. The summed E-state index contributed by atoms with van der Waals surface area (Å²) in [6.07, 6.45) is 1.71. The number of hydrogen-bond acceptors (Lipinski definition) is 4. The van der Waals surface area contributed by atoms with E-state index in [1.165, 1.54) is 4.90 Å². The van der Waals surface area contributed by atoms with E-state index in [4.69, 9.17) is 16.3 Å². The predicted molar refractivity (Wildman–Crippen MR) is 86.2 cm³/mol. The van der Waals surface area contributed by atoms with E-state index in [-0.39, 0.29) is 12.1 Å². The third kappa shape index (κ3) is 2.91. The Kier molecular flexibility index (Phi) is 4.42. The number of ether oxygens (including phenoxy) is 1. The largest absolute Gasteiger partial charge is 0.486 e. The fraction of sp³-hybridized carbons (Fsp3) is 0.400. The molecule has 1 aromatic heterocycles. The number of benzene rings is 1. The van der Waals surface area contributed by atoms with Crippen molar-refractivity contribution in [1.82, 2.24) is 15.1 Å². The first-order chi connectivity index (χ1) is 10.2. The highest BCUT2D eigenvalue weighted by Gasteiger charge is 2.32. The molecule has 0 bridgehead atoms. The molecular weight excluding hydrogens is 306 g/mol. The monoisotopic (exact) mass is 323 g/mol. The second kappa shape index (κ2) is 6.30. The molecule has 21 heavy (non-hydrogen) atoms. The third-order valence-electron chi connectivity index (χ3n) is 3.56. The second-order valence-corrected chi connectivity index (χ2v) is 6.42. The zero-order valence-electron chi connectivity index (χ0n) is 12.0. The Bertz CT molecular complexity index is 612. The van der Waals surface area contributed by atoms with Crippen LogP contribution < -0.4 is 10.1 Å². The fourth-order valence-corrected chi connectivity index (χ4v) is 3.92. The van der Waals surface area contributed by atoms with Gasteiger partial charge in [0, 0.05) is 17.7 Å². The van der Waals surface area contributed by atoms with Gasteiger partial charge in [0.05, 0.1) is 23.0 Å². The maximum atomic E-state index is 6.31. The minimum Gasteiger partial charge on any atom is -0.486 e. The molecule has 3 rings (SSSR count). The molecule has 0 radical (unpaired) electrons. The molecule has 1 N–H and O–H groups in total. The number of aryl methyl sites for hydroxylation is 1. The van der Waals surface area contributed by atoms with Crippen LogP contribution in [0.15, 0.2) is 35.4 Å². The summed E-state index contributed by atoms with van der Waals surface area (Å²) in [6, 6.07) is 8.17. The van der Waals surface area contributed by atoms with Gasteiger partial charge in [0.15, 0.2) is 0 Å². The van der Waals surface area contributed by atoms with Gasteiger partial charge in [-0.25, -0.2) is 0 Å². The molecule has 0 spiro atoms. The Hall–Kier alpha value is -1.17. The van der Waals surface area contributed by atoms with E-state index in [0.29, 0.717) is 5.02 Å². The lowest BCUT2D eigenvalue weighted by molar-refractivity contribution is 0.163. The van der Waals surface area contributed by atoms with Gasteiger partial charge in [-0.05, 0) is 18.7 Å². The average molecular weight is 324 g/mol.